The lowest BCUT2D eigenvalue weighted by Gasteiger charge is -2.16. The maximum Gasteiger partial charge on any atom is 0.119 e. The first-order valence-electron chi connectivity index (χ1n) is 7.36. The molecule has 0 spiro atoms. The second kappa shape index (κ2) is 7.99. The normalized spacial score (nSPS) is 12.0. The molecule has 3 heteroatoms. The van der Waals surface area contributed by atoms with E-state index in [0.717, 1.165) is 24.5 Å². The number of hydrogen-bond acceptors (Lipinski definition) is 3. The summed E-state index contributed by atoms with van der Waals surface area (Å²) in [5, 5.41) is 3.52. The maximum absolute atomic E-state index is 5.61. The first kappa shape index (κ1) is 15.8. The van der Waals surface area contributed by atoms with Crippen molar-refractivity contribution < 1.29 is 4.74 Å². The molecule has 0 heterocycles. The molecule has 1 unspecified atom stereocenters. The lowest BCUT2D eigenvalue weighted by atomic mass is 10.1. The maximum atomic E-state index is 5.61. The van der Waals surface area contributed by atoms with Crippen molar-refractivity contribution in [2.75, 3.05) is 18.2 Å². The molecular weight excluding hydrogens is 278 g/mol. The number of ether oxygens (including phenoxy) is 1. The monoisotopic (exact) mass is 301 g/mol. The van der Waals surface area contributed by atoms with Gasteiger partial charge in [0.2, 0.25) is 0 Å². The summed E-state index contributed by atoms with van der Waals surface area (Å²) in [6.07, 6.45) is 3.12. The van der Waals surface area contributed by atoms with E-state index in [1.54, 1.807) is 11.8 Å². The van der Waals surface area contributed by atoms with Gasteiger partial charge in [0.05, 0.1) is 6.61 Å². The molecule has 0 aliphatic carbocycles. The number of thioether (sulfide) groups is 1. The molecule has 0 fully saturated rings. The smallest absolute Gasteiger partial charge is 0.119 e. The Morgan fingerprint density at radius 3 is 2.29 bits per heavy atom. The van der Waals surface area contributed by atoms with Crippen molar-refractivity contribution in [1.29, 1.82) is 0 Å². The van der Waals surface area contributed by atoms with Gasteiger partial charge < -0.3 is 10.1 Å². The summed E-state index contributed by atoms with van der Waals surface area (Å²) in [7, 11) is 0. The fraction of sp³-hybridized carbons (Fsp3) is 0.333. The Morgan fingerprint density at radius 1 is 1.05 bits per heavy atom. The van der Waals surface area contributed by atoms with Crippen molar-refractivity contribution in [3.05, 3.63) is 54.1 Å². The van der Waals surface area contributed by atoms with Crippen molar-refractivity contribution in [3.63, 3.8) is 0 Å². The summed E-state index contributed by atoms with van der Waals surface area (Å²) in [6.45, 7) is 5.06. The number of anilines is 1. The Morgan fingerprint density at radius 2 is 1.71 bits per heavy atom. The summed E-state index contributed by atoms with van der Waals surface area (Å²) in [5.41, 5.74) is 2.40. The third-order valence-corrected chi connectivity index (χ3v) is 4.07. The predicted octanol–water partition coefficient (Wildman–Crippen LogP) is 5.37. The van der Waals surface area contributed by atoms with Crippen LogP contribution in [-0.4, -0.2) is 12.9 Å². The molecule has 0 radical (unpaired) electrons. The van der Waals surface area contributed by atoms with Crippen LogP contribution >= 0.6 is 11.8 Å². The van der Waals surface area contributed by atoms with Crippen LogP contribution in [0.1, 0.15) is 31.9 Å². The molecule has 2 aromatic rings. The van der Waals surface area contributed by atoms with E-state index in [1.165, 1.54) is 10.5 Å². The van der Waals surface area contributed by atoms with Crippen LogP contribution in [0.3, 0.4) is 0 Å². The number of rotatable bonds is 7. The average molecular weight is 301 g/mol. The van der Waals surface area contributed by atoms with E-state index in [0.29, 0.717) is 0 Å². The molecule has 0 bridgehead atoms. The van der Waals surface area contributed by atoms with Crippen molar-refractivity contribution in [1.82, 2.24) is 0 Å². The van der Waals surface area contributed by atoms with Gasteiger partial charge in [-0.1, -0.05) is 19.1 Å². The van der Waals surface area contributed by atoms with E-state index >= 15 is 0 Å². The van der Waals surface area contributed by atoms with Crippen molar-refractivity contribution in [3.8, 4) is 5.75 Å². The molecule has 0 amide bonds. The van der Waals surface area contributed by atoms with Crippen molar-refractivity contribution in [2.45, 2.75) is 31.2 Å². The summed E-state index contributed by atoms with van der Waals surface area (Å²) < 4.78 is 5.61. The van der Waals surface area contributed by atoms with Gasteiger partial charge in [0.15, 0.2) is 0 Å². The Labute approximate surface area is 131 Å². The van der Waals surface area contributed by atoms with E-state index in [9.17, 15) is 0 Å². The average Bonchev–Trinajstić information content (AvgIpc) is 2.54. The topological polar surface area (TPSA) is 21.3 Å². The molecule has 21 heavy (non-hydrogen) atoms. The van der Waals surface area contributed by atoms with Gasteiger partial charge in [-0.05, 0) is 61.6 Å². The van der Waals surface area contributed by atoms with Crippen LogP contribution in [0, 0.1) is 0 Å². The molecule has 1 atom stereocenters. The quantitative estimate of drug-likeness (QED) is 0.695. The Kier molecular flexibility index (Phi) is 6.00. The summed E-state index contributed by atoms with van der Waals surface area (Å²) >= 11 is 1.76. The lowest BCUT2D eigenvalue weighted by Crippen LogP contribution is -2.06. The van der Waals surface area contributed by atoms with Gasteiger partial charge in [0.1, 0.15) is 5.75 Å². The van der Waals surface area contributed by atoms with Crippen LogP contribution in [0.15, 0.2) is 53.4 Å². The fourth-order valence-corrected chi connectivity index (χ4v) is 2.50. The third kappa shape index (κ3) is 4.71. The van der Waals surface area contributed by atoms with Gasteiger partial charge in [-0.15, -0.1) is 11.8 Å². The van der Waals surface area contributed by atoms with Crippen LogP contribution in [-0.2, 0) is 0 Å². The van der Waals surface area contributed by atoms with Crippen molar-refractivity contribution >= 4 is 17.4 Å². The molecular formula is C18H23NOS. The summed E-state index contributed by atoms with van der Waals surface area (Å²) in [6, 6.07) is 17.1. The Balaban J connectivity index is 1.96. The van der Waals surface area contributed by atoms with Gasteiger partial charge in [0.25, 0.3) is 0 Å². The molecule has 0 aliphatic rings. The van der Waals surface area contributed by atoms with Crippen LogP contribution in [0.4, 0.5) is 5.69 Å². The summed E-state index contributed by atoms with van der Waals surface area (Å²) in [5.74, 6) is 0.942. The zero-order valence-electron chi connectivity index (χ0n) is 12.9. The van der Waals surface area contributed by atoms with Crippen LogP contribution in [0.2, 0.25) is 0 Å². The highest BCUT2D eigenvalue weighted by molar-refractivity contribution is 7.98. The highest BCUT2D eigenvalue weighted by Crippen LogP contribution is 2.23. The molecule has 2 nitrogen and oxygen atoms in total. The Hall–Kier alpha value is -1.61. The molecule has 1 N–H and O–H groups in total. The molecule has 2 aromatic carbocycles. The molecule has 2 rings (SSSR count). The predicted molar refractivity (Wildman–Crippen MR) is 92.5 cm³/mol. The Bertz CT molecular complexity index is 536. The van der Waals surface area contributed by atoms with Crippen LogP contribution in [0.25, 0.3) is 0 Å². The van der Waals surface area contributed by atoms with E-state index in [-0.39, 0.29) is 6.04 Å². The minimum absolute atomic E-state index is 0.269. The zero-order valence-corrected chi connectivity index (χ0v) is 13.7. The largest absolute Gasteiger partial charge is 0.494 e. The number of nitrogens with one attached hydrogen (secondary N) is 1. The molecule has 0 aliphatic heterocycles. The van der Waals surface area contributed by atoms with Gasteiger partial charge in [-0.2, -0.15) is 0 Å². The molecule has 112 valence electrons. The SMILES string of the molecule is CCCOc1ccc(C(C)Nc2ccc(SC)cc2)cc1. The second-order valence-electron chi connectivity index (χ2n) is 5.01. The van der Waals surface area contributed by atoms with E-state index < -0.39 is 0 Å². The third-order valence-electron chi connectivity index (χ3n) is 3.33. The standard InChI is InChI=1S/C18H23NOS/c1-4-13-20-17-9-5-15(6-10-17)14(2)19-16-7-11-18(21-3)12-8-16/h5-12,14,19H,4,13H2,1-3H3. The first-order chi connectivity index (χ1) is 10.2. The molecule has 0 saturated carbocycles. The van der Waals surface area contributed by atoms with Gasteiger partial charge in [-0.25, -0.2) is 0 Å². The lowest BCUT2D eigenvalue weighted by molar-refractivity contribution is 0.317. The highest BCUT2D eigenvalue weighted by Gasteiger charge is 2.05. The van der Waals surface area contributed by atoms with E-state index in [2.05, 4.69) is 61.8 Å². The summed E-state index contributed by atoms with van der Waals surface area (Å²) in [4.78, 5) is 1.28. The fourth-order valence-electron chi connectivity index (χ4n) is 2.09. The van der Waals surface area contributed by atoms with Gasteiger partial charge in [-0.3, -0.25) is 0 Å². The molecule has 0 aromatic heterocycles. The number of hydrogen-bond donors (Lipinski definition) is 1. The first-order valence-corrected chi connectivity index (χ1v) is 8.58. The second-order valence-corrected chi connectivity index (χ2v) is 5.89. The molecule has 0 saturated heterocycles. The highest BCUT2D eigenvalue weighted by atomic mass is 32.2. The van der Waals surface area contributed by atoms with Gasteiger partial charge >= 0.3 is 0 Å². The van der Waals surface area contributed by atoms with Gasteiger partial charge in [0, 0.05) is 16.6 Å². The zero-order chi connectivity index (χ0) is 15.1. The van der Waals surface area contributed by atoms with Crippen molar-refractivity contribution in [2.24, 2.45) is 0 Å². The van der Waals surface area contributed by atoms with Crippen LogP contribution < -0.4 is 10.1 Å². The van der Waals surface area contributed by atoms with Crippen LogP contribution in [0.5, 0.6) is 5.75 Å². The minimum atomic E-state index is 0.269. The minimum Gasteiger partial charge on any atom is -0.494 e. The van der Waals surface area contributed by atoms with E-state index in [1.807, 2.05) is 12.1 Å². The number of benzene rings is 2. The van der Waals surface area contributed by atoms with E-state index in [4.69, 9.17) is 4.74 Å².